The third-order valence-electron chi connectivity index (χ3n) is 6.22. The van der Waals surface area contributed by atoms with Crippen LogP contribution in [0, 0.1) is 0 Å². The number of aliphatic hydroxyl groups excluding tert-OH is 1. The maximum absolute atomic E-state index is 13.1. The number of hydrogen-bond donors (Lipinski definition) is 5. The number of aliphatic hydroxyl groups is 1. The number of thioether (sulfide) groups is 2. The van der Waals surface area contributed by atoms with Crippen LogP contribution in [0.2, 0.25) is 0 Å². The molecule has 2 aromatic rings. The van der Waals surface area contributed by atoms with Crippen LogP contribution in [0.5, 0.6) is 0 Å². The van der Waals surface area contributed by atoms with Gasteiger partial charge in [0, 0.05) is 17.4 Å². The van der Waals surface area contributed by atoms with E-state index in [0.29, 0.717) is 41.3 Å². The Morgan fingerprint density at radius 2 is 2.00 bits per heavy atom. The number of primary amides is 1. The van der Waals surface area contributed by atoms with E-state index < -0.39 is 35.3 Å². The lowest BCUT2D eigenvalue weighted by molar-refractivity contribution is -0.151. The third-order valence-corrected chi connectivity index (χ3v) is 8.72. The van der Waals surface area contributed by atoms with Gasteiger partial charge in [-0.3, -0.25) is 19.3 Å². The van der Waals surface area contributed by atoms with Crippen molar-refractivity contribution < 1.29 is 29.4 Å². The number of carboxylic acids is 1. The molecule has 4 atom stereocenters. The lowest BCUT2D eigenvalue weighted by Gasteiger charge is -2.50. The molecular formula is C23H27N7O6S2. The molecule has 1 aromatic heterocycles. The number of benzene rings is 1. The number of tetrazole rings is 1. The molecule has 15 heteroatoms. The molecular weight excluding hydrogens is 534 g/mol. The number of H-pyrrole nitrogens is 1. The van der Waals surface area contributed by atoms with Crippen LogP contribution in [0.3, 0.4) is 0 Å². The molecule has 202 valence electrons. The molecule has 3 heterocycles. The van der Waals surface area contributed by atoms with Crippen molar-refractivity contribution in [2.24, 2.45) is 5.73 Å². The summed E-state index contributed by atoms with van der Waals surface area (Å²) in [5.74, 6) is -2.60. The Morgan fingerprint density at radius 1 is 1.24 bits per heavy atom. The molecule has 3 unspecified atom stereocenters. The largest absolute Gasteiger partial charge is 0.477 e. The van der Waals surface area contributed by atoms with E-state index in [9.17, 15) is 29.4 Å². The summed E-state index contributed by atoms with van der Waals surface area (Å²) in [4.78, 5) is 50.3. The number of rotatable bonds is 13. The number of aromatic amines is 1. The fraction of sp³-hybridized carbons (Fsp3) is 0.435. The highest BCUT2D eigenvalue weighted by atomic mass is 32.2. The number of carbonyl (C=O) groups excluding carboxylic acids is 3. The molecule has 2 aliphatic rings. The fourth-order valence-corrected chi connectivity index (χ4v) is 6.95. The third kappa shape index (κ3) is 6.16. The highest BCUT2D eigenvalue weighted by molar-refractivity contribution is 8.01. The zero-order chi connectivity index (χ0) is 27.2. The number of aliphatic carboxylic acids is 1. The van der Waals surface area contributed by atoms with E-state index in [4.69, 9.17) is 5.73 Å². The molecule has 1 fully saturated rings. The first-order valence-electron chi connectivity index (χ1n) is 11.9. The molecule has 0 saturated carbocycles. The molecule has 2 aliphatic heterocycles. The molecule has 1 saturated heterocycles. The molecule has 3 amide bonds. The molecule has 0 radical (unpaired) electrons. The number of hydrogen-bond acceptors (Lipinski definition) is 10. The summed E-state index contributed by atoms with van der Waals surface area (Å²) in [7, 11) is 0. The SMILES string of the molecule is NC(=O)CCCCCC(Sc1nnn[nH]1)C1=C(C(=O)O)N2C(=O)C(NC(=O)C(O)c3ccccc3)[C@@H]2SC1. The van der Waals surface area contributed by atoms with Gasteiger partial charge in [-0.1, -0.05) is 54.9 Å². The van der Waals surface area contributed by atoms with Crippen LogP contribution in [0.1, 0.15) is 43.8 Å². The van der Waals surface area contributed by atoms with Gasteiger partial charge in [0.2, 0.25) is 11.1 Å². The van der Waals surface area contributed by atoms with Crippen molar-refractivity contribution in [3.63, 3.8) is 0 Å². The molecule has 38 heavy (non-hydrogen) atoms. The van der Waals surface area contributed by atoms with Crippen molar-refractivity contribution in [3.8, 4) is 0 Å². The topological polar surface area (TPSA) is 204 Å². The predicted octanol–water partition coefficient (Wildman–Crippen LogP) is 0.568. The number of β-lactam (4-membered cyclic amide) rings is 1. The van der Waals surface area contributed by atoms with Crippen LogP contribution < -0.4 is 11.1 Å². The average molecular weight is 562 g/mol. The van der Waals surface area contributed by atoms with E-state index in [-0.39, 0.29) is 23.3 Å². The fourth-order valence-electron chi connectivity index (χ4n) is 4.35. The van der Waals surface area contributed by atoms with Crippen molar-refractivity contribution in [1.29, 1.82) is 0 Å². The van der Waals surface area contributed by atoms with Gasteiger partial charge in [0.05, 0.1) is 0 Å². The summed E-state index contributed by atoms with van der Waals surface area (Å²) in [5.41, 5.74) is 6.03. The quantitative estimate of drug-likeness (QED) is 0.130. The number of carbonyl (C=O) groups is 4. The summed E-state index contributed by atoms with van der Waals surface area (Å²) in [6.07, 6.45) is 1.43. The van der Waals surface area contributed by atoms with Gasteiger partial charge in [0.15, 0.2) is 6.10 Å². The second kappa shape index (κ2) is 12.4. The van der Waals surface area contributed by atoms with Crippen molar-refractivity contribution in [2.75, 3.05) is 5.75 Å². The second-order valence-electron chi connectivity index (χ2n) is 8.77. The Hall–Kier alpha value is -3.43. The van der Waals surface area contributed by atoms with Gasteiger partial charge in [0.1, 0.15) is 17.1 Å². The van der Waals surface area contributed by atoms with E-state index in [2.05, 4.69) is 25.9 Å². The van der Waals surface area contributed by atoms with E-state index in [1.807, 2.05) is 0 Å². The predicted molar refractivity (Wildman–Crippen MR) is 137 cm³/mol. The van der Waals surface area contributed by atoms with Crippen LogP contribution in [0.15, 0.2) is 46.8 Å². The van der Waals surface area contributed by atoms with Gasteiger partial charge in [-0.25, -0.2) is 9.89 Å². The van der Waals surface area contributed by atoms with Crippen molar-refractivity contribution in [1.82, 2.24) is 30.8 Å². The first kappa shape index (κ1) is 27.6. The van der Waals surface area contributed by atoms with Crippen LogP contribution in [-0.4, -0.2) is 81.8 Å². The summed E-state index contributed by atoms with van der Waals surface area (Å²) in [6.45, 7) is 0. The average Bonchev–Trinajstić information content (AvgIpc) is 3.42. The summed E-state index contributed by atoms with van der Waals surface area (Å²) >= 11 is 2.61. The van der Waals surface area contributed by atoms with Crippen LogP contribution in [0.4, 0.5) is 0 Å². The van der Waals surface area contributed by atoms with Crippen molar-refractivity contribution in [2.45, 2.75) is 60.0 Å². The minimum Gasteiger partial charge on any atom is -0.477 e. The Balaban J connectivity index is 1.49. The lowest BCUT2D eigenvalue weighted by Crippen LogP contribution is -2.71. The van der Waals surface area contributed by atoms with Crippen LogP contribution in [0.25, 0.3) is 0 Å². The number of fused-ring (bicyclic) bond motifs is 1. The van der Waals surface area contributed by atoms with E-state index in [1.165, 1.54) is 28.4 Å². The Kier molecular flexibility index (Phi) is 9.01. The number of nitrogens with one attached hydrogen (secondary N) is 2. The molecule has 0 aliphatic carbocycles. The zero-order valence-corrected chi connectivity index (χ0v) is 21.8. The molecule has 0 bridgehead atoms. The molecule has 0 spiro atoms. The van der Waals surface area contributed by atoms with Crippen LogP contribution >= 0.6 is 23.5 Å². The van der Waals surface area contributed by atoms with E-state index >= 15 is 0 Å². The number of carboxylic acid groups (broad SMARTS) is 1. The molecule has 1 aromatic carbocycles. The summed E-state index contributed by atoms with van der Waals surface area (Å²) < 4.78 is 0. The van der Waals surface area contributed by atoms with Gasteiger partial charge >= 0.3 is 5.97 Å². The Labute approximate surface area is 226 Å². The molecule has 4 rings (SSSR count). The van der Waals surface area contributed by atoms with E-state index in [0.717, 1.165) is 6.42 Å². The number of aromatic nitrogens is 4. The van der Waals surface area contributed by atoms with Crippen LogP contribution in [-0.2, 0) is 19.2 Å². The lowest BCUT2D eigenvalue weighted by atomic mass is 9.98. The van der Waals surface area contributed by atoms with Crippen molar-refractivity contribution in [3.05, 3.63) is 47.2 Å². The standard InChI is InChI=1S/C23H27N7O6S2/c24-15(31)10-6-2-5-9-14(38-23-26-28-29-27-23)13-11-37-21-16(20(34)30(21)17(13)22(35)36)25-19(33)18(32)12-7-3-1-4-8-12/h1,3-4,7-8,14,16,18,21,32H,2,5-6,9-11H2,(H2,24,31)(H,25,33)(H,35,36)(H,26,27,28,29)/t14?,16?,18?,21-/m0/s1. The number of amides is 3. The molecule has 6 N–H and O–H groups in total. The van der Waals surface area contributed by atoms with Gasteiger partial charge in [-0.2, -0.15) is 0 Å². The normalized spacial score (nSPS) is 20.3. The summed E-state index contributed by atoms with van der Waals surface area (Å²) in [5, 5.41) is 36.2. The highest BCUT2D eigenvalue weighted by Crippen LogP contribution is 2.44. The number of unbranched alkanes of at least 4 members (excludes halogenated alkanes) is 2. The van der Waals surface area contributed by atoms with Gasteiger partial charge in [-0.05, 0) is 34.4 Å². The zero-order valence-electron chi connectivity index (χ0n) is 20.1. The monoisotopic (exact) mass is 561 g/mol. The van der Waals surface area contributed by atoms with Crippen molar-refractivity contribution >= 4 is 47.2 Å². The number of nitrogens with two attached hydrogens (primary N) is 1. The Bertz CT molecular complexity index is 1210. The minimum atomic E-state index is -1.46. The maximum atomic E-state index is 13.1. The maximum Gasteiger partial charge on any atom is 0.352 e. The van der Waals surface area contributed by atoms with Gasteiger partial charge in [0.25, 0.3) is 11.8 Å². The minimum absolute atomic E-state index is 0.116. The first-order valence-corrected chi connectivity index (χ1v) is 13.8. The molecule has 13 nitrogen and oxygen atoms in total. The summed E-state index contributed by atoms with van der Waals surface area (Å²) in [6, 6.07) is 7.36. The van der Waals surface area contributed by atoms with Gasteiger partial charge < -0.3 is 21.3 Å². The highest BCUT2D eigenvalue weighted by Gasteiger charge is 2.55. The number of nitrogens with zero attached hydrogens (tertiary/aromatic N) is 4. The van der Waals surface area contributed by atoms with E-state index in [1.54, 1.807) is 30.3 Å². The Morgan fingerprint density at radius 3 is 2.66 bits per heavy atom. The second-order valence-corrected chi connectivity index (χ2v) is 11.1. The first-order chi connectivity index (χ1) is 18.3. The smallest absolute Gasteiger partial charge is 0.352 e. The van der Waals surface area contributed by atoms with Gasteiger partial charge in [-0.15, -0.1) is 16.9 Å².